The van der Waals surface area contributed by atoms with Gasteiger partial charge >= 0.3 is 0 Å². The Morgan fingerprint density at radius 1 is 1.00 bits per heavy atom. The minimum absolute atomic E-state index is 0.192. The average molecular weight is 272 g/mol. The summed E-state index contributed by atoms with van der Waals surface area (Å²) in [5, 5.41) is 0. The van der Waals surface area contributed by atoms with Gasteiger partial charge in [0.25, 0.3) is 10.1 Å². The van der Waals surface area contributed by atoms with Crippen molar-refractivity contribution in [3.63, 3.8) is 0 Å². The van der Waals surface area contributed by atoms with E-state index in [1.807, 2.05) is 18.2 Å². The van der Waals surface area contributed by atoms with Crippen LogP contribution in [0, 0.1) is 0 Å². The summed E-state index contributed by atoms with van der Waals surface area (Å²) in [4.78, 5) is 0. The van der Waals surface area contributed by atoms with Crippen LogP contribution in [0.1, 0.15) is 18.4 Å². The Labute approximate surface area is 109 Å². The molecule has 0 heterocycles. The summed E-state index contributed by atoms with van der Waals surface area (Å²) in [5.74, 6) is 0. The molecule has 0 bridgehead atoms. The quantitative estimate of drug-likeness (QED) is 0.509. The van der Waals surface area contributed by atoms with E-state index < -0.39 is 10.1 Å². The van der Waals surface area contributed by atoms with Crippen LogP contribution in [0.15, 0.2) is 30.3 Å². The van der Waals surface area contributed by atoms with Crippen LogP contribution in [0.2, 0.25) is 0 Å². The van der Waals surface area contributed by atoms with Gasteiger partial charge < -0.3 is 4.74 Å². The summed E-state index contributed by atoms with van der Waals surface area (Å²) in [6.45, 7) is 1.41. The van der Waals surface area contributed by atoms with E-state index in [1.54, 1.807) is 0 Å². The summed E-state index contributed by atoms with van der Waals surface area (Å²) in [6.07, 6.45) is 3.61. The van der Waals surface area contributed by atoms with Crippen molar-refractivity contribution in [1.29, 1.82) is 0 Å². The SMILES string of the molecule is CS(=O)(=O)OCCCOCCCc1ccccc1. The normalized spacial score (nSPS) is 11.6. The van der Waals surface area contributed by atoms with Gasteiger partial charge in [-0.05, 0) is 24.8 Å². The largest absolute Gasteiger partial charge is 0.381 e. The van der Waals surface area contributed by atoms with Gasteiger partial charge in [-0.25, -0.2) is 0 Å². The van der Waals surface area contributed by atoms with Crippen molar-refractivity contribution in [3.05, 3.63) is 35.9 Å². The van der Waals surface area contributed by atoms with Crippen molar-refractivity contribution in [2.24, 2.45) is 0 Å². The van der Waals surface area contributed by atoms with Gasteiger partial charge in [0.15, 0.2) is 0 Å². The number of hydrogen-bond acceptors (Lipinski definition) is 4. The zero-order valence-electron chi connectivity index (χ0n) is 10.7. The van der Waals surface area contributed by atoms with Crippen LogP contribution in [0.3, 0.4) is 0 Å². The summed E-state index contributed by atoms with van der Waals surface area (Å²) < 4.78 is 31.3. The Kier molecular flexibility index (Phi) is 6.93. The number of benzene rings is 1. The molecule has 102 valence electrons. The van der Waals surface area contributed by atoms with Crippen LogP contribution in [0.5, 0.6) is 0 Å². The van der Waals surface area contributed by atoms with Gasteiger partial charge in [-0.15, -0.1) is 0 Å². The predicted molar refractivity (Wildman–Crippen MR) is 71.0 cm³/mol. The number of hydrogen-bond donors (Lipinski definition) is 0. The van der Waals surface area contributed by atoms with Crippen molar-refractivity contribution in [3.8, 4) is 0 Å². The molecule has 0 radical (unpaired) electrons. The topological polar surface area (TPSA) is 52.6 Å². The third kappa shape index (κ3) is 8.22. The van der Waals surface area contributed by atoms with Crippen molar-refractivity contribution >= 4 is 10.1 Å². The van der Waals surface area contributed by atoms with Gasteiger partial charge in [0.2, 0.25) is 0 Å². The van der Waals surface area contributed by atoms with Crippen LogP contribution in [-0.4, -0.2) is 34.5 Å². The lowest BCUT2D eigenvalue weighted by molar-refractivity contribution is 0.118. The molecule has 1 aromatic rings. The second-order valence-electron chi connectivity index (χ2n) is 4.08. The van der Waals surface area contributed by atoms with E-state index in [0.29, 0.717) is 19.6 Å². The molecule has 0 aromatic heterocycles. The minimum Gasteiger partial charge on any atom is -0.381 e. The first-order chi connectivity index (χ1) is 8.58. The van der Waals surface area contributed by atoms with Gasteiger partial charge in [-0.2, -0.15) is 8.42 Å². The minimum atomic E-state index is -3.31. The first kappa shape index (κ1) is 15.1. The molecule has 4 nitrogen and oxygen atoms in total. The molecular weight excluding hydrogens is 252 g/mol. The van der Waals surface area contributed by atoms with Crippen molar-refractivity contribution in [2.45, 2.75) is 19.3 Å². The molecule has 0 N–H and O–H groups in total. The Hall–Kier alpha value is -0.910. The van der Waals surface area contributed by atoms with Crippen molar-refractivity contribution < 1.29 is 17.3 Å². The van der Waals surface area contributed by atoms with Crippen molar-refractivity contribution in [2.75, 3.05) is 26.1 Å². The summed E-state index contributed by atoms with van der Waals surface area (Å²) in [7, 11) is -3.31. The molecule has 0 unspecified atom stereocenters. The first-order valence-corrected chi connectivity index (χ1v) is 7.86. The fourth-order valence-electron chi connectivity index (χ4n) is 1.50. The number of ether oxygens (including phenoxy) is 1. The summed E-state index contributed by atoms with van der Waals surface area (Å²) in [5.41, 5.74) is 1.31. The highest BCUT2D eigenvalue weighted by Crippen LogP contribution is 2.02. The van der Waals surface area contributed by atoms with Crippen LogP contribution >= 0.6 is 0 Å². The monoisotopic (exact) mass is 272 g/mol. The van der Waals surface area contributed by atoms with E-state index in [4.69, 9.17) is 4.74 Å². The molecule has 5 heteroatoms. The third-order valence-electron chi connectivity index (χ3n) is 2.33. The molecule has 0 atom stereocenters. The highest BCUT2D eigenvalue weighted by molar-refractivity contribution is 7.85. The molecule has 1 rings (SSSR count). The maximum atomic E-state index is 10.7. The summed E-state index contributed by atoms with van der Waals surface area (Å²) in [6, 6.07) is 10.2. The third-order valence-corrected chi connectivity index (χ3v) is 2.92. The van der Waals surface area contributed by atoms with E-state index >= 15 is 0 Å². The zero-order valence-corrected chi connectivity index (χ0v) is 11.5. The maximum absolute atomic E-state index is 10.7. The molecule has 0 aliphatic heterocycles. The van der Waals surface area contributed by atoms with Gasteiger partial charge in [-0.3, -0.25) is 4.18 Å². The predicted octanol–water partition coefficient (Wildman–Crippen LogP) is 2.00. The smallest absolute Gasteiger partial charge is 0.264 e. The lowest BCUT2D eigenvalue weighted by atomic mass is 10.1. The van der Waals surface area contributed by atoms with Crippen LogP contribution < -0.4 is 0 Å². The zero-order chi connectivity index (χ0) is 13.3. The molecule has 1 aromatic carbocycles. The first-order valence-electron chi connectivity index (χ1n) is 6.04. The fourth-order valence-corrected chi connectivity index (χ4v) is 1.92. The summed E-state index contributed by atoms with van der Waals surface area (Å²) >= 11 is 0. The second-order valence-corrected chi connectivity index (χ2v) is 5.73. The Morgan fingerprint density at radius 3 is 2.33 bits per heavy atom. The highest BCUT2D eigenvalue weighted by atomic mass is 32.2. The van der Waals surface area contributed by atoms with Crippen LogP contribution in [0.4, 0.5) is 0 Å². The lowest BCUT2D eigenvalue weighted by Crippen LogP contribution is -2.07. The maximum Gasteiger partial charge on any atom is 0.264 e. The van der Waals surface area contributed by atoms with E-state index in [1.165, 1.54) is 5.56 Å². The molecule has 0 aliphatic rings. The Morgan fingerprint density at radius 2 is 1.67 bits per heavy atom. The fraction of sp³-hybridized carbons (Fsp3) is 0.538. The van der Waals surface area contributed by atoms with E-state index in [9.17, 15) is 8.42 Å². The Bertz CT molecular complexity index is 414. The molecule has 18 heavy (non-hydrogen) atoms. The molecule has 0 fully saturated rings. The van der Waals surface area contributed by atoms with E-state index in [0.717, 1.165) is 19.1 Å². The van der Waals surface area contributed by atoms with Crippen LogP contribution in [-0.2, 0) is 25.5 Å². The molecule has 0 saturated carbocycles. The second kappa shape index (κ2) is 8.24. The molecule has 0 spiro atoms. The van der Waals surface area contributed by atoms with E-state index in [-0.39, 0.29) is 6.61 Å². The Balaban J connectivity index is 1.93. The molecular formula is C13H20O4S. The van der Waals surface area contributed by atoms with Crippen molar-refractivity contribution in [1.82, 2.24) is 0 Å². The van der Waals surface area contributed by atoms with Gasteiger partial charge in [0.05, 0.1) is 12.9 Å². The number of aryl methyl sites for hydroxylation is 1. The van der Waals surface area contributed by atoms with Gasteiger partial charge in [0.1, 0.15) is 0 Å². The lowest BCUT2D eigenvalue weighted by Gasteiger charge is -2.04. The molecule has 0 amide bonds. The molecule has 0 aliphatic carbocycles. The van der Waals surface area contributed by atoms with Gasteiger partial charge in [-0.1, -0.05) is 30.3 Å². The van der Waals surface area contributed by atoms with Gasteiger partial charge in [0, 0.05) is 13.2 Å². The average Bonchev–Trinajstić information content (AvgIpc) is 2.32. The highest BCUT2D eigenvalue weighted by Gasteiger charge is 2.00. The van der Waals surface area contributed by atoms with Crippen LogP contribution in [0.25, 0.3) is 0 Å². The number of rotatable bonds is 9. The molecule has 0 saturated heterocycles. The standard InChI is InChI=1S/C13H20O4S/c1-18(14,15)17-12-6-11-16-10-5-9-13-7-3-2-4-8-13/h2-4,7-8H,5-6,9-12H2,1H3. The van der Waals surface area contributed by atoms with E-state index in [2.05, 4.69) is 16.3 Å².